The van der Waals surface area contributed by atoms with E-state index in [1.807, 2.05) is 37.1 Å². The van der Waals surface area contributed by atoms with Crippen LogP contribution < -0.4 is 5.32 Å². The van der Waals surface area contributed by atoms with Gasteiger partial charge in [-0.05, 0) is 19.2 Å². The van der Waals surface area contributed by atoms with Gasteiger partial charge in [0.15, 0.2) is 0 Å². The van der Waals surface area contributed by atoms with E-state index in [1.165, 1.54) is 11.4 Å². The third kappa shape index (κ3) is 1.34. The highest BCUT2D eigenvalue weighted by Gasteiger charge is 2.32. The summed E-state index contributed by atoms with van der Waals surface area (Å²) in [6, 6.07) is 6.72. The van der Waals surface area contributed by atoms with Crippen molar-refractivity contribution < 1.29 is 0 Å². The van der Waals surface area contributed by atoms with Crippen LogP contribution in [-0.2, 0) is 0 Å². The first kappa shape index (κ1) is 8.08. The normalized spacial score (nSPS) is 28.1. The van der Waals surface area contributed by atoms with Crippen LogP contribution in [0.4, 0.5) is 0 Å². The number of thioether (sulfide) groups is 1. The highest BCUT2D eigenvalue weighted by molar-refractivity contribution is 8.01. The van der Waals surface area contributed by atoms with Gasteiger partial charge in [-0.3, -0.25) is 4.98 Å². The van der Waals surface area contributed by atoms with E-state index in [0.717, 1.165) is 0 Å². The Morgan fingerprint density at radius 3 is 3.00 bits per heavy atom. The Labute approximate surface area is 76.8 Å². The maximum absolute atomic E-state index is 4.34. The van der Waals surface area contributed by atoms with Crippen molar-refractivity contribution in [1.29, 1.82) is 0 Å². The van der Waals surface area contributed by atoms with Crippen molar-refractivity contribution in [2.45, 2.75) is 11.3 Å². The zero-order valence-electron chi connectivity index (χ0n) is 7.03. The lowest BCUT2D eigenvalue weighted by molar-refractivity contribution is 0.565. The Morgan fingerprint density at radius 2 is 2.50 bits per heavy atom. The molecule has 12 heavy (non-hydrogen) atoms. The van der Waals surface area contributed by atoms with Crippen LogP contribution >= 0.6 is 11.8 Å². The van der Waals surface area contributed by atoms with Crippen LogP contribution in [0.5, 0.6) is 0 Å². The quantitative estimate of drug-likeness (QED) is 0.746. The Kier molecular flexibility index (Phi) is 2.33. The summed E-state index contributed by atoms with van der Waals surface area (Å²) in [5.74, 6) is 1.21. The lowest BCUT2D eigenvalue weighted by Crippen LogP contribution is -2.40. The number of nitrogens with zero attached hydrogens (tertiary/aromatic N) is 1. The van der Waals surface area contributed by atoms with E-state index < -0.39 is 0 Å². The van der Waals surface area contributed by atoms with Gasteiger partial charge in [0.25, 0.3) is 0 Å². The third-order valence-electron chi connectivity index (χ3n) is 2.17. The van der Waals surface area contributed by atoms with Crippen LogP contribution in [0.3, 0.4) is 0 Å². The number of pyridine rings is 1. The van der Waals surface area contributed by atoms with Gasteiger partial charge in [0.05, 0.1) is 10.9 Å². The molecule has 0 radical (unpaired) electrons. The monoisotopic (exact) mass is 180 g/mol. The molecule has 1 aliphatic heterocycles. The summed E-state index contributed by atoms with van der Waals surface area (Å²) in [5.41, 5.74) is 1.20. The minimum atomic E-state index is 0.566. The fourth-order valence-electron chi connectivity index (χ4n) is 1.36. The largest absolute Gasteiger partial charge is 0.315 e. The predicted octanol–water partition coefficient (Wildman–Crippen LogP) is 1.46. The summed E-state index contributed by atoms with van der Waals surface area (Å²) in [6.07, 6.45) is 1.86. The summed E-state index contributed by atoms with van der Waals surface area (Å²) in [5, 5.41) is 3.86. The first-order chi connectivity index (χ1) is 5.92. The van der Waals surface area contributed by atoms with Crippen molar-refractivity contribution >= 4 is 11.8 Å². The van der Waals surface area contributed by atoms with Crippen molar-refractivity contribution in [3.8, 4) is 0 Å². The van der Waals surface area contributed by atoms with E-state index in [0.29, 0.717) is 11.3 Å². The molecule has 1 aromatic heterocycles. The van der Waals surface area contributed by atoms with Gasteiger partial charge < -0.3 is 5.32 Å². The molecule has 0 spiro atoms. The molecule has 1 fully saturated rings. The first-order valence-electron chi connectivity index (χ1n) is 4.11. The first-order valence-corrected chi connectivity index (χ1v) is 5.16. The molecule has 0 bridgehead atoms. The van der Waals surface area contributed by atoms with Crippen LogP contribution in [0, 0.1) is 0 Å². The third-order valence-corrected chi connectivity index (χ3v) is 3.65. The minimum Gasteiger partial charge on any atom is -0.315 e. The molecule has 1 aliphatic rings. The zero-order chi connectivity index (χ0) is 8.39. The van der Waals surface area contributed by atoms with E-state index in [1.54, 1.807) is 0 Å². The van der Waals surface area contributed by atoms with Gasteiger partial charge in [0.2, 0.25) is 0 Å². The number of rotatable bonds is 2. The van der Waals surface area contributed by atoms with E-state index in [2.05, 4.69) is 16.4 Å². The van der Waals surface area contributed by atoms with Gasteiger partial charge in [0.1, 0.15) is 0 Å². The van der Waals surface area contributed by atoms with Crippen molar-refractivity contribution in [3.05, 3.63) is 30.1 Å². The molecule has 1 N–H and O–H groups in total. The molecule has 2 rings (SSSR count). The minimum absolute atomic E-state index is 0.566. The lowest BCUT2D eigenvalue weighted by Gasteiger charge is -2.35. The molecule has 64 valence electrons. The zero-order valence-corrected chi connectivity index (χ0v) is 7.84. The van der Waals surface area contributed by atoms with Crippen LogP contribution in [0.15, 0.2) is 24.4 Å². The Morgan fingerprint density at radius 1 is 1.58 bits per heavy atom. The van der Waals surface area contributed by atoms with Gasteiger partial charge in [-0.25, -0.2) is 0 Å². The maximum Gasteiger partial charge on any atom is 0.0631 e. The van der Waals surface area contributed by atoms with Crippen LogP contribution in [0.1, 0.15) is 10.9 Å². The predicted molar refractivity (Wildman–Crippen MR) is 52.3 cm³/mol. The second-order valence-corrected chi connectivity index (χ2v) is 4.08. The Balaban J connectivity index is 2.11. The Bertz CT molecular complexity index is 248. The van der Waals surface area contributed by atoms with Gasteiger partial charge in [-0.1, -0.05) is 6.07 Å². The summed E-state index contributed by atoms with van der Waals surface area (Å²) in [7, 11) is 2.01. The SMILES string of the molecule is CNC1CSC1c1ccccn1. The lowest BCUT2D eigenvalue weighted by atomic mass is 10.1. The molecule has 1 saturated heterocycles. The van der Waals surface area contributed by atoms with Crippen LogP contribution in [-0.4, -0.2) is 23.8 Å². The average molecular weight is 180 g/mol. The average Bonchev–Trinajstić information content (AvgIpc) is 2.05. The van der Waals surface area contributed by atoms with Crippen LogP contribution in [0.2, 0.25) is 0 Å². The molecule has 0 saturated carbocycles. The van der Waals surface area contributed by atoms with Crippen molar-refractivity contribution in [1.82, 2.24) is 10.3 Å². The molecular weight excluding hydrogens is 168 g/mol. The van der Waals surface area contributed by atoms with E-state index >= 15 is 0 Å². The molecule has 0 aromatic carbocycles. The van der Waals surface area contributed by atoms with Gasteiger partial charge in [-0.15, -0.1) is 11.8 Å². The number of aromatic nitrogens is 1. The highest BCUT2D eigenvalue weighted by atomic mass is 32.2. The van der Waals surface area contributed by atoms with Gasteiger partial charge >= 0.3 is 0 Å². The topological polar surface area (TPSA) is 24.9 Å². The van der Waals surface area contributed by atoms with E-state index in [4.69, 9.17) is 0 Å². The Hall–Kier alpha value is -0.540. The number of hydrogen-bond acceptors (Lipinski definition) is 3. The second kappa shape index (κ2) is 3.46. The molecule has 2 heterocycles. The summed E-state index contributed by atoms with van der Waals surface area (Å²) in [6.45, 7) is 0. The fourth-order valence-corrected chi connectivity index (χ4v) is 2.55. The van der Waals surface area contributed by atoms with E-state index in [9.17, 15) is 0 Å². The molecule has 0 aliphatic carbocycles. The fraction of sp³-hybridized carbons (Fsp3) is 0.444. The summed E-state index contributed by atoms with van der Waals surface area (Å²) >= 11 is 1.97. The second-order valence-electron chi connectivity index (χ2n) is 2.90. The highest BCUT2D eigenvalue weighted by Crippen LogP contribution is 2.41. The van der Waals surface area contributed by atoms with Crippen LogP contribution in [0.25, 0.3) is 0 Å². The number of nitrogens with one attached hydrogen (secondary N) is 1. The number of likely N-dealkylation sites (N-methyl/N-ethyl adjacent to an activating group) is 1. The summed E-state index contributed by atoms with van der Waals surface area (Å²) < 4.78 is 0. The smallest absolute Gasteiger partial charge is 0.0631 e. The standard InChI is InChI=1S/C9H12N2S/c1-10-8-6-12-9(8)7-4-2-3-5-11-7/h2-5,8-10H,6H2,1H3. The van der Waals surface area contributed by atoms with Crippen molar-refractivity contribution in [2.24, 2.45) is 0 Å². The molecule has 2 nitrogen and oxygen atoms in total. The molecule has 2 atom stereocenters. The molecular formula is C9H12N2S. The number of hydrogen-bond donors (Lipinski definition) is 1. The van der Waals surface area contributed by atoms with Crippen molar-refractivity contribution in [2.75, 3.05) is 12.8 Å². The molecule has 3 heteroatoms. The van der Waals surface area contributed by atoms with Gasteiger partial charge in [-0.2, -0.15) is 0 Å². The van der Waals surface area contributed by atoms with Crippen molar-refractivity contribution in [3.63, 3.8) is 0 Å². The maximum atomic E-state index is 4.34. The molecule has 1 aromatic rings. The van der Waals surface area contributed by atoms with E-state index in [-0.39, 0.29) is 0 Å². The molecule has 0 amide bonds. The molecule has 2 unspecified atom stereocenters. The van der Waals surface area contributed by atoms with Gasteiger partial charge in [0, 0.05) is 18.0 Å². The summed E-state index contributed by atoms with van der Waals surface area (Å²) in [4.78, 5) is 4.34.